The Labute approximate surface area is 116 Å². The molecule has 0 bridgehead atoms. The summed E-state index contributed by atoms with van der Waals surface area (Å²) in [5, 5.41) is 0. The van der Waals surface area contributed by atoms with Gasteiger partial charge in [0.15, 0.2) is 5.41 Å². The Bertz CT molecular complexity index is 358. The van der Waals surface area contributed by atoms with Crippen LogP contribution in [-0.2, 0) is 19.1 Å². The predicted molar refractivity (Wildman–Crippen MR) is 65.8 cm³/mol. The highest BCUT2D eigenvalue weighted by Gasteiger charge is 2.56. The third-order valence-electron chi connectivity index (χ3n) is 2.95. The van der Waals surface area contributed by atoms with E-state index in [0.29, 0.717) is 0 Å². The molecule has 0 rings (SSSR count). The fraction of sp³-hybridized carbons (Fsp3) is 0.846. The molecule has 0 aromatic rings. The van der Waals surface area contributed by atoms with Crippen LogP contribution in [0.25, 0.3) is 0 Å². The van der Waals surface area contributed by atoms with Crippen LogP contribution in [0.3, 0.4) is 0 Å². The second kappa shape index (κ2) is 6.45. The number of hydrogen-bond donors (Lipinski definition) is 0. The van der Waals surface area contributed by atoms with Gasteiger partial charge in [-0.15, -0.1) is 0 Å². The monoisotopic (exact) mass is 298 g/mol. The molecule has 0 amide bonds. The summed E-state index contributed by atoms with van der Waals surface area (Å²) in [7, 11) is 0. The number of carbonyl (C=O) groups is 2. The molecule has 0 saturated heterocycles. The van der Waals surface area contributed by atoms with Crippen molar-refractivity contribution in [3.8, 4) is 0 Å². The standard InChI is InChI=1S/C13H21F3O4/c1-6-12(5,13(14,15)16)10(18)20-8-7-19-9(17)11(2,3)4/h6-8H2,1-5H3. The van der Waals surface area contributed by atoms with Crippen molar-refractivity contribution in [2.24, 2.45) is 10.8 Å². The third kappa shape index (κ3) is 4.68. The maximum absolute atomic E-state index is 12.8. The molecule has 0 radical (unpaired) electrons. The molecule has 4 nitrogen and oxygen atoms in total. The van der Waals surface area contributed by atoms with Gasteiger partial charge in [-0.3, -0.25) is 9.59 Å². The molecule has 0 heterocycles. The number of esters is 2. The quantitative estimate of drug-likeness (QED) is 0.578. The summed E-state index contributed by atoms with van der Waals surface area (Å²) in [4.78, 5) is 22.9. The Balaban J connectivity index is 4.34. The highest BCUT2D eigenvalue weighted by Crippen LogP contribution is 2.41. The lowest BCUT2D eigenvalue weighted by Gasteiger charge is -2.28. The zero-order valence-corrected chi connectivity index (χ0v) is 12.4. The van der Waals surface area contributed by atoms with Crippen LogP contribution >= 0.6 is 0 Å². The maximum atomic E-state index is 12.8. The van der Waals surface area contributed by atoms with Gasteiger partial charge >= 0.3 is 18.1 Å². The second-order valence-electron chi connectivity index (χ2n) is 5.71. The zero-order valence-electron chi connectivity index (χ0n) is 12.4. The summed E-state index contributed by atoms with van der Waals surface area (Å²) >= 11 is 0. The summed E-state index contributed by atoms with van der Waals surface area (Å²) in [5.41, 5.74) is -3.26. The van der Waals surface area contributed by atoms with E-state index >= 15 is 0 Å². The van der Waals surface area contributed by atoms with Gasteiger partial charge in [-0.05, 0) is 34.1 Å². The first-order chi connectivity index (χ1) is 8.86. The topological polar surface area (TPSA) is 52.6 Å². The van der Waals surface area contributed by atoms with Gasteiger partial charge in [-0.2, -0.15) is 13.2 Å². The van der Waals surface area contributed by atoms with Crippen molar-refractivity contribution in [3.05, 3.63) is 0 Å². The molecule has 1 atom stereocenters. The van der Waals surface area contributed by atoms with E-state index in [1.54, 1.807) is 20.8 Å². The van der Waals surface area contributed by atoms with E-state index < -0.39 is 42.0 Å². The number of halogens is 3. The predicted octanol–water partition coefficient (Wildman–Crippen LogP) is 3.10. The van der Waals surface area contributed by atoms with Crippen LogP contribution < -0.4 is 0 Å². The minimum Gasteiger partial charge on any atom is -0.462 e. The summed E-state index contributed by atoms with van der Waals surface area (Å²) in [6.07, 6.45) is -5.10. The van der Waals surface area contributed by atoms with Crippen molar-refractivity contribution >= 4 is 11.9 Å². The molecule has 0 aromatic heterocycles. The summed E-state index contributed by atoms with van der Waals surface area (Å²) in [6, 6.07) is 0. The van der Waals surface area contributed by atoms with Crippen molar-refractivity contribution in [3.63, 3.8) is 0 Å². The van der Waals surface area contributed by atoms with Crippen molar-refractivity contribution in [1.29, 1.82) is 0 Å². The SMILES string of the molecule is CCC(C)(C(=O)OCCOC(=O)C(C)(C)C)C(F)(F)F. The number of carbonyl (C=O) groups excluding carboxylic acids is 2. The lowest BCUT2D eigenvalue weighted by molar-refractivity contribution is -0.231. The van der Waals surface area contributed by atoms with E-state index in [4.69, 9.17) is 4.74 Å². The lowest BCUT2D eigenvalue weighted by atomic mass is 9.87. The molecule has 0 aliphatic heterocycles. The van der Waals surface area contributed by atoms with Gasteiger partial charge in [0.2, 0.25) is 0 Å². The van der Waals surface area contributed by atoms with Gasteiger partial charge in [0, 0.05) is 0 Å². The first-order valence-corrected chi connectivity index (χ1v) is 6.27. The third-order valence-corrected chi connectivity index (χ3v) is 2.95. The minimum absolute atomic E-state index is 0.264. The highest BCUT2D eigenvalue weighted by molar-refractivity contribution is 5.77. The van der Waals surface area contributed by atoms with E-state index in [1.807, 2.05) is 0 Å². The van der Waals surface area contributed by atoms with Gasteiger partial charge in [0.1, 0.15) is 13.2 Å². The van der Waals surface area contributed by atoms with Crippen molar-refractivity contribution in [2.45, 2.75) is 47.2 Å². The summed E-state index contributed by atoms with van der Waals surface area (Å²) < 4.78 is 47.6. The molecule has 0 fully saturated rings. The normalized spacial score (nSPS) is 15.4. The van der Waals surface area contributed by atoms with Crippen LogP contribution in [-0.4, -0.2) is 31.3 Å². The first-order valence-electron chi connectivity index (χ1n) is 6.27. The molecule has 20 heavy (non-hydrogen) atoms. The van der Waals surface area contributed by atoms with Crippen LogP contribution in [0.4, 0.5) is 13.2 Å². The summed E-state index contributed by atoms with van der Waals surface area (Å²) in [5.74, 6) is -1.87. The van der Waals surface area contributed by atoms with E-state index in [2.05, 4.69) is 4.74 Å². The molecule has 1 unspecified atom stereocenters. The van der Waals surface area contributed by atoms with Crippen LogP contribution in [0.5, 0.6) is 0 Å². The largest absolute Gasteiger partial charge is 0.462 e. The smallest absolute Gasteiger partial charge is 0.404 e. The second-order valence-corrected chi connectivity index (χ2v) is 5.71. The molecule has 0 spiro atoms. The molecule has 0 N–H and O–H groups in total. The van der Waals surface area contributed by atoms with Gasteiger partial charge in [0.05, 0.1) is 5.41 Å². The van der Waals surface area contributed by atoms with Crippen LogP contribution in [0.2, 0.25) is 0 Å². The van der Waals surface area contributed by atoms with Crippen LogP contribution in [0, 0.1) is 10.8 Å². The van der Waals surface area contributed by atoms with Gasteiger partial charge < -0.3 is 9.47 Å². The van der Waals surface area contributed by atoms with Crippen LogP contribution in [0.15, 0.2) is 0 Å². The number of hydrogen-bond acceptors (Lipinski definition) is 4. The molecule has 0 saturated carbocycles. The maximum Gasteiger partial charge on any atom is 0.404 e. The van der Waals surface area contributed by atoms with Gasteiger partial charge in [-0.1, -0.05) is 6.92 Å². The van der Waals surface area contributed by atoms with E-state index in [-0.39, 0.29) is 6.61 Å². The molecule has 0 aliphatic carbocycles. The van der Waals surface area contributed by atoms with E-state index in [0.717, 1.165) is 6.92 Å². The molecular weight excluding hydrogens is 277 g/mol. The number of ether oxygens (including phenoxy) is 2. The van der Waals surface area contributed by atoms with E-state index in [1.165, 1.54) is 6.92 Å². The number of rotatable bonds is 5. The van der Waals surface area contributed by atoms with Crippen LogP contribution in [0.1, 0.15) is 41.0 Å². The molecule has 118 valence electrons. The molecule has 0 aromatic carbocycles. The number of alkyl halides is 3. The highest BCUT2D eigenvalue weighted by atomic mass is 19.4. The Morgan fingerprint density at radius 3 is 1.60 bits per heavy atom. The average molecular weight is 298 g/mol. The van der Waals surface area contributed by atoms with E-state index in [9.17, 15) is 22.8 Å². The molecule has 7 heteroatoms. The zero-order chi connectivity index (χ0) is 16.2. The average Bonchev–Trinajstić information content (AvgIpc) is 2.30. The van der Waals surface area contributed by atoms with Gasteiger partial charge in [-0.25, -0.2) is 0 Å². The molecule has 0 aliphatic rings. The van der Waals surface area contributed by atoms with Crippen molar-refractivity contribution in [2.75, 3.05) is 13.2 Å². The Hall–Kier alpha value is -1.27. The Kier molecular flexibility index (Phi) is 6.04. The first kappa shape index (κ1) is 18.7. The van der Waals surface area contributed by atoms with Crippen molar-refractivity contribution < 1.29 is 32.2 Å². The minimum atomic E-state index is -4.68. The van der Waals surface area contributed by atoms with Crippen molar-refractivity contribution in [1.82, 2.24) is 0 Å². The summed E-state index contributed by atoms with van der Waals surface area (Å²) in [6.45, 7) is 6.30. The fourth-order valence-corrected chi connectivity index (χ4v) is 1.11. The Morgan fingerprint density at radius 2 is 1.30 bits per heavy atom. The molecular formula is C13H21F3O4. The van der Waals surface area contributed by atoms with Gasteiger partial charge in [0.25, 0.3) is 0 Å². The fourth-order valence-electron chi connectivity index (χ4n) is 1.11. The Morgan fingerprint density at radius 1 is 0.900 bits per heavy atom. The lowest BCUT2D eigenvalue weighted by Crippen LogP contribution is -2.43.